The molecule has 4 atom stereocenters. The zero-order valence-electron chi connectivity index (χ0n) is 47.3. The zero-order valence-corrected chi connectivity index (χ0v) is 50.9. The molecule has 0 aliphatic heterocycles. The molecule has 432 valence electrons. The number of rotatable bonds is 17. The monoisotopic (exact) mass is 1180 g/mol. The number of nitrogens with two attached hydrogens (primary N) is 3. The summed E-state index contributed by atoms with van der Waals surface area (Å²) in [6, 6.07) is 13.2. The number of aromatic nitrogens is 10. The van der Waals surface area contributed by atoms with Crippen molar-refractivity contribution in [2.75, 3.05) is 13.2 Å². The highest BCUT2D eigenvalue weighted by molar-refractivity contribution is 6.76. The molecule has 0 spiro atoms. The number of nitrogens with zero attached hydrogens (tertiary/aromatic N) is 10. The third-order valence-corrected chi connectivity index (χ3v) is 18.6. The van der Waals surface area contributed by atoms with Gasteiger partial charge in [-0.1, -0.05) is 75.3 Å². The second-order valence-electron chi connectivity index (χ2n) is 23.6. The molecule has 6 heterocycles. The van der Waals surface area contributed by atoms with E-state index in [1.165, 1.54) is 6.20 Å². The standard InChI is InChI=1S/C28H36ClN7O3Si.C21H24ClN5O3Si.C7H14N2O/c1-35-23-13-18(29)8-9-20(23)24(34-35)22-14-31-27-25(33-22)21(15-36(27)16-39-10-11-40(2,3)4)28(38)32-19-7-5-6-17(12-19)26(30)37;1-26-17-9-13(22)5-6-14(17)18(25-26)16-10-23-20-19(24-16)15(21(28)29)11-27(20)12-30-7-8-31(2,3)4;8-6-3-1-2-5(4-6)7(9)10/h8-9,13-15,17,19H,5-7,10-12,16H2,1-4H3,(H2,30,37)(H,32,38);5-6,9-11H,7-8,12H2,1-4H3,(H,28,29);5-6H,1-4,8H2,(H2,9,10)/t17-,19-;;5-,6-/m0.0/s1. The Hall–Kier alpha value is -6.61. The summed E-state index contributed by atoms with van der Waals surface area (Å²) in [6.45, 7) is 15.5. The van der Waals surface area contributed by atoms with Gasteiger partial charge in [0.15, 0.2) is 11.3 Å². The highest BCUT2D eigenvalue weighted by Crippen LogP contribution is 2.33. The van der Waals surface area contributed by atoms with E-state index in [1.807, 2.05) is 49.0 Å². The smallest absolute Gasteiger partial charge is 0.339 e. The number of halogens is 2. The van der Waals surface area contributed by atoms with Crippen LogP contribution in [0.2, 0.25) is 61.4 Å². The van der Waals surface area contributed by atoms with Gasteiger partial charge in [0.2, 0.25) is 11.8 Å². The fourth-order valence-electron chi connectivity index (χ4n) is 10.1. The maximum absolute atomic E-state index is 13.6. The van der Waals surface area contributed by atoms with Gasteiger partial charge < -0.3 is 46.2 Å². The van der Waals surface area contributed by atoms with Crippen molar-refractivity contribution < 1.29 is 33.8 Å². The number of carboxylic acids is 1. The summed E-state index contributed by atoms with van der Waals surface area (Å²) in [5, 5.41) is 25.0. The van der Waals surface area contributed by atoms with Crippen molar-refractivity contribution in [3.63, 3.8) is 0 Å². The summed E-state index contributed by atoms with van der Waals surface area (Å²) >= 11 is 12.3. The molecule has 3 amide bonds. The van der Waals surface area contributed by atoms with E-state index in [4.69, 9.17) is 59.8 Å². The van der Waals surface area contributed by atoms with E-state index in [0.29, 0.717) is 80.3 Å². The highest BCUT2D eigenvalue weighted by atomic mass is 35.5. The normalized spacial score (nSPS) is 17.7. The zero-order chi connectivity index (χ0) is 58.5. The molecular weight excluding hydrogens is 1110 g/mol. The molecule has 0 bridgehead atoms. The molecule has 2 aliphatic carbocycles. The van der Waals surface area contributed by atoms with E-state index in [9.17, 15) is 24.3 Å². The third-order valence-electron chi connectivity index (χ3n) is 14.7. The van der Waals surface area contributed by atoms with E-state index in [2.05, 4.69) is 64.8 Å². The molecule has 8 N–H and O–H groups in total. The number of amides is 3. The number of aromatic carboxylic acids is 1. The number of carbonyl (C=O) groups excluding carboxylic acids is 3. The van der Waals surface area contributed by atoms with Crippen LogP contribution < -0.4 is 22.5 Å². The van der Waals surface area contributed by atoms with Crippen molar-refractivity contribution in [2.45, 2.75) is 128 Å². The lowest BCUT2D eigenvalue weighted by Crippen LogP contribution is -2.41. The maximum atomic E-state index is 13.6. The number of primary amides is 2. The lowest BCUT2D eigenvalue weighted by Gasteiger charge is -2.27. The van der Waals surface area contributed by atoms with Crippen LogP contribution in [0.5, 0.6) is 0 Å². The summed E-state index contributed by atoms with van der Waals surface area (Å²) < 4.78 is 18.8. The second-order valence-corrected chi connectivity index (χ2v) is 35.7. The van der Waals surface area contributed by atoms with Crippen LogP contribution in [-0.2, 0) is 46.6 Å². The minimum atomic E-state index is -1.25. The van der Waals surface area contributed by atoms with Crippen LogP contribution in [0.25, 0.3) is 66.9 Å². The highest BCUT2D eigenvalue weighted by Gasteiger charge is 2.29. The molecule has 2 aromatic carbocycles. The van der Waals surface area contributed by atoms with Gasteiger partial charge in [0, 0.05) is 101 Å². The van der Waals surface area contributed by atoms with Gasteiger partial charge in [0.1, 0.15) is 52.8 Å². The van der Waals surface area contributed by atoms with E-state index < -0.39 is 22.1 Å². The molecule has 81 heavy (non-hydrogen) atoms. The molecule has 2 fully saturated rings. The van der Waals surface area contributed by atoms with E-state index in [1.54, 1.807) is 38.6 Å². The average Bonchev–Trinajstić information content (AvgIpc) is 4.29. The number of carboxylic acid groups (broad SMARTS) is 1. The SMILES string of the molecule is Cn1nc(-c2cnc3c(n2)c(C(=O)N[C@H]2CCC[C@H](C(N)=O)C2)cn3COCC[Si](C)(C)C)c2ccc(Cl)cc21.Cn1nc(-c2cnc3c(n2)c(C(=O)O)cn3COCC[Si](C)(C)C)c2ccc(Cl)cc21.NC(=O)[C@H]1CCC[C@H](N)C1. The quantitative estimate of drug-likeness (QED) is 0.0419. The first-order chi connectivity index (χ1) is 38.3. The number of hydrogen-bond acceptors (Lipinski definition) is 13. The third kappa shape index (κ3) is 15.1. The average molecular weight is 1180 g/mol. The first-order valence-electron chi connectivity index (χ1n) is 27.3. The molecule has 2 saturated carbocycles. The largest absolute Gasteiger partial charge is 0.478 e. The second kappa shape index (κ2) is 25.7. The Labute approximate surface area is 482 Å². The van der Waals surface area contributed by atoms with Gasteiger partial charge >= 0.3 is 5.97 Å². The van der Waals surface area contributed by atoms with Gasteiger partial charge in [-0.2, -0.15) is 10.2 Å². The van der Waals surface area contributed by atoms with Crippen LogP contribution in [0.4, 0.5) is 0 Å². The van der Waals surface area contributed by atoms with Gasteiger partial charge in [-0.15, -0.1) is 0 Å². The summed E-state index contributed by atoms with van der Waals surface area (Å²) in [5.74, 6) is -2.00. The predicted molar refractivity (Wildman–Crippen MR) is 321 cm³/mol. The fraction of sp³-hybridized carbons (Fsp3) is 0.464. The van der Waals surface area contributed by atoms with Crippen LogP contribution in [0.3, 0.4) is 0 Å². The molecule has 0 radical (unpaired) electrons. The first-order valence-corrected chi connectivity index (χ1v) is 35.5. The summed E-state index contributed by atoms with van der Waals surface area (Å²) in [6.07, 6.45) is 13.3. The number of aryl methyl sites for hydroxylation is 2. The maximum Gasteiger partial charge on any atom is 0.339 e. The van der Waals surface area contributed by atoms with Crippen molar-refractivity contribution in [2.24, 2.45) is 43.1 Å². The van der Waals surface area contributed by atoms with E-state index >= 15 is 0 Å². The number of carbonyl (C=O) groups is 4. The molecule has 0 unspecified atom stereocenters. The molecule has 0 saturated heterocycles. The van der Waals surface area contributed by atoms with Crippen molar-refractivity contribution in [1.29, 1.82) is 0 Å². The Kier molecular flexibility index (Phi) is 19.2. The number of ether oxygens (including phenoxy) is 2. The molecule has 21 nitrogen and oxygen atoms in total. The minimum absolute atomic E-state index is 0.0451. The molecule has 2 aliphatic rings. The predicted octanol–water partition coefficient (Wildman–Crippen LogP) is 9.36. The molecule has 8 aromatic rings. The summed E-state index contributed by atoms with van der Waals surface area (Å²) in [5.41, 5.74) is 22.7. The molecular formula is C56H74Cl2N14O7Si2. The van der Waals surface area contributed by atoms with Crippen molar-refractivity contribution in [3.05, 3.63) is 82.4 Å². The fourth-order valence-corrected chi connectivity index (χ4v) is 11.9. The minimum Gasteiger partial charge on any atom is -0.478 e. The lowest BCUT2D eigenvalue weighted by molar-refractivity contribution is -0.123. The van der Waals surface area contributed by atoms with Gasteiger partial charge in [-0.3, -0.25) is 23.7 Å². The first kappa shape index (κ1) is 60.5. The van der Waals surface area contributed by atoms with Gasteiger partial charge in [-0.05, 0) is 87.0 Å². The van der Waals surface area contributed by atoms with E-state index in [-0.39, 0.29) is 60.7 Å². The van der Waals surface area contributed by atoms with E-state index in [0.717, 1.165) is 78.8 Å². The Bertz CT molecular complexity index is 3600. The number of fused-ring (bicyclic) bond motifs is 4. The lowest BCUT2D eigenvalue weighted by atomic mass is 9.85. The van der Waals surface area contributed by atoms with Crippen LogP contribution in [0.1, 0.15) is 72.1 Å². The van der Waals surface area contributed by atoms with Crippen molar-refractivity contribution in [1.82, 2.24) is 53.9 Å². The van der Waals surface area contributed by atoms with Crippen LogP contribution in [-0.4, -0.2) is 119 Å². The van der Waals surface area contributed by atoms with Gasteiger partial charge in [0.05, 0.1) is 29.0 Å². The molecule has 6 aromatic heterocycles. The van der Waals surface area contributed by atoms with Crippen LogP contribution in [0.15, 0.2) is 61.2 Å². The summed E-state index contributed by atoms with van der Waals surface area (Å²) in [4.78, 5) is 66.6. The molecule has 10 rings (SSSR count). The Morgan fingerprint density at radius 3 is 1.58 bits per heavy atom. The topological polar surface area (TPSA) is 294 Å². The van der Waals surface area contributed by atoms with Crippen LogP contribution >= 0.6 is 23.2 Å². The van der Waals surface area contributed by atoms with Gasteiger partial charge in [-0.25, -0.2) is 24.7 Å². The molecule has 25 heteroatoms. The number of hydrogen-bond donors (Lipinski definition) is 5. The number of benzene rings is 2. The Morgan fingerprint density at radius 2 is 1.14 bits per heavy atom. The Balaban J connectivity index is 0.000000185. The number of nitrogens with one attached hydrogen (secondary N) is 1. The van der Waals surface area contributed by atoms with Gasteiger partial charge in [0.25, 0.3) is 5.91 Å². The van der Waals surface area contributed by atoms with Crippen LogP contribution in [0, 0.1) is 11.8 Å². The van der Waals surface area contributed by atoms with Crippen molar-refractivity contribution in [3.8, 4) is 22.8 Å². The Morgan fingerprint density at radius 1 is 0.679 bits per heavy atom. The summed E-state index contributed by atoms with van der Waals surface area (Å²) in [7, 11) is 1.23. The van der Waals surface area contributed by atoms with Crippen molar-refractivity contribution >= 4 is 107 Å².